The van der Waals surface area contributed by atoms with E-state index < -0.39 is 45.7 Å². The first-order valence-corrected chi connectivity index (χ1v) is 14.2. The molecule has 3 unspecified atom stereocenters. The van der Waals surface area contributed by atoms with Gasteiger partial charge in [0.25, 0.3) is 0 Å². The molecule has 202 valence electrons. The summed E-state index contributed by atoms with van der Waals surface area (Å²) in [4.78, 5) is 12.7. The first-order chi connectivity index (χ1) is 18.1. The standard InChI is InChI=1S/C28H31F2N3O4S/c1-2-18-8-9-20-16-38(36,37)17-26(24(20)12-18)31-15-27(34)25(13-19-10-21(29)14-22(30)11-19)33-28(35)32-23-6-4-3-5-7-23/h3-12,14,25-27,31,34H,2,13,15-17H2,1H3,(H2,32,33,35). The Kier molecular flexibility index (Phi) is 8.76. The number of aliphatic hydroxyl groups is 1. The number of hydrogen-bond donors (Lipinski definition) is 4. The van der Waals surface area contributed by atoms with Gasteiger partial charge in [0.1, 0.15) is 11.6 Å². The average molecular weight is 544 g/mol. The third-order valence-electron chi connectivity index (χ3n) is 6.55. The first-order valence-electron chi connectivity index (χ1n) is 12.4. The van der Waals surface area contributed by atoms with E-state index in [4.69, 9.17) is 0 Å². The number of rotatable bonds is 9. The molecule has 0 saturated carbocycles. The average Bonchev–Trinajstić information content (AvgIpc) is 2.86. The van der Waals surface area contributed by atoms with E-state index in [9.17, 15) is 27.1 Å². The second-order valence-corrected chi connectivity index (χ2v) is 11.6. The topological polar surface area (TPSA) is 108 Å². The highest BCUT2D eigenvalue weighted by Gasteiger charge is 2.31. The second kappa shape index (κ2) is 12.0. The van der Waals surface area contributed by atoms with Crippen molar-refractivity contribution in [3.63, 3.8) is 0 Å². The maximum atomic E-state index is 13.8. The molecular weight excluding hydrogens is 512 g/mol. The molecule has 38 heavy (non-hydrogen) atoms. The van der Waals surface area contributed by atoms with Crippen LogP contribution in [0.4, 0.5) is 19.3 Å². The monoisotopic (exact) mass is 543 g/mol. The number of fused-ring (bicyclic) bond motifs is 1. The fourth-order valence-corrected chi connectivity index (χ4v) is 6.32. The Labute approximate surface area is 221 Å². The van der Waals surface area contributed by atoms with Gasteiger partial charge in [-0.1, -0.05) is 43.3 Å². The molecule has 1 heterocycles. The van der Waals surface area contributed by atoms with E-state index in [1.54, 1.807) is 30.3 Å². The predicted molar refractivity (Wildman–Crippen MR) is 143 cm³/mol. The molecule has 0 bridgehead atoms. The van der Waals surface area contributed by atoms with Gasteiger partial charge >= 0.3 is 6.03 Å². The van der Waals surface area contributed by atoms with Crippen LogP contribution in [0.15, 0.2) is 66.7 Å². The fraction of sp³-hybridized carbons (Fsp3) is 0.321. The minimum absolute atomic E-state index is 0.0396. The molecule has 7 nitrogen and oxygen atoms in total. The molecule has 0 fully saturated rings. The Hall–Kier alpha value is -3.34. The van der Waals surface area contributed by atoms with Crippen LogP contribution in [0.5, 0.6) is 0 Å². The van der Waals surface area contributed by atoms with Gasteiger partial charge in [-0.05, 0) is 59.4 Å². The summed E-state index contributed by atoms with van der Waals surface area (Å²) < 4.78 is 52.7. The van der Waals surface area contributed by atoms with E-state index in [2.05, 4.69) is 16.0 Å². The van der Waals surface area contributed by atoms with E-state index in [-0.39, 0.29) is 30.0 Å². The van der Waals surface area contributed by atoms with Crippen LogP contribution >= 0.6 is 0 Å². The van der Waals surface area contributed by atoms with E-state index in [1.807, 2.05) is 25.1 Å². The molecule has 0 saturated heterocycles. The molecule has 1 aliphatic heterocycles. The van der Waals surface area contributed by atoms with Crippen molar-refractivity contribution in [2.24, 2.45) is 0 Å². The van der Waals surface area contributed by atoms with Gasteiger partial charge in [-0.3, -0.25) is 0 Å². The molecule has 0 aliphatic carbocycles. The van der Waals surface area contributed by atoms with E-state index in [0.717, 1.165) is 35.7 Å². The summed E-state index contributed by atoms with van der Waals surface area (Å²) >= 11 is 0. The molecule has 0 radical (unpaired) electrons. The normalized spacial score (nSPS) is 17.7. The van der Waals surface area contributed by atoms with Crippen molar-refractivity contribution < 1.29 is 27.1 Å². The molecule has 10 heteroatoms. The molecular formula is C28H31F2N3O4S. The predicted octanol–water partition coefficient (Wildman–Crippen LogP) is 3.88. The smallest absolute Gasteiger partial charge is 0.319 e. The molecule has 3 atom stereocenters. The number of hydrogen-bond acceptors (Lipinski definition) is 5. The lowest BCUT2D eigenvalue weighted by molar-refractivity contribution is 0.125. The van der Waals surface area contributed by atoms with E-state index >= 15 is 0 Å². The number of nitrogens with one attached hydrogen (secondary N) is 3. The molecule has 3 aromatic rings. The summed E-state index contributed by atoms with van der Waals surface area (Å²) in [5.74, 6) is -1.70. The minimum atomic E-state index is -3.35. The summed E-state index contributed by atoms with van der Waals surface area (Å²) in [5, 5.41) is 19.6. The maximum Gasteiger partial charge on any atom is 0.319 e. The van der Waals surface area contributed by atoms with Gasteiger partial charge in [0.2, 0.25) is 0 Å². The van der Waals surface area contributed by atoms with Crippen molar-refractivity contribution in [2.45, 2.75) is 43.7 Å². The first kappa shape index (κ1) is 27.7. The molecule has 0 spiro atoms. The summed E-state index contributed by atoms with van der Waals surface area (Å²) in [6.45, 7) is 1.95. The molecule has 2 amide bonds. The Balaban J connectivity index is 1.51. The van der Waals surface area contributed by atoms with Crippen LogP contribution in [0.2, 0.25) is 0 Å². The Bertz CT molecular complexity index is 1370. The van der Waals surface area contributed by atoms with E-state index in [0.29, 0.717) is 11.3 Å². The lowest BCUT2D eigenvalue weighted by Gasteiger charge is -2.30. The second-order valence-electron chi connectivity index (χ2n) is 9.52. The SMILES string of the molecule is CCc1ccc2c(c1)C(NCC(O)C(Cc1cc(F)cc(F)c1)NC(=O)Nc1ccccc1)CS(=O)(=O)C2. The number of urea groups is 1. The summed E-state index contributed by atoms with van der Waals surface area (Å²) in [5.41, 5.74) is 3.44. The van der Waals surface area contributed by atoms with Gasteiger partial charge < -0.3 is 21.1 Å². The maximum absolute atomic E-state index is 13.8. The Morgan fingerprint density at radius 3 is 2.42 bits per heavy atom. The Morgan fingerprint density at radius 2 is 1.74 bits per heavy atom. The number of aryl methyl sites for hydroxylation is 1. The van der Waals surface area contributed by atoms with Crippen LogP contribution in [0.1, 0.15) is 35.2 Å². The molecule has 3 aromatic carbocycles. The zero-order valence-electron chi connectivity index (χ0n) is 21.0. The quantitative estimate of drug-likeness (QED) is 0.328. The summed E-state index contributed by atoms with van der Waals surface area (Å²) in [6.07, 6.45) is -0.466. The third-order valence-corrected chi connectivity index (χ3v) is 8.15. The molecule has 0 aromatic heterocycles. The van der Waals surface area contributed by atoms with Gasteiger partial charge in [-0.15, -0.1) is 0 Å². The largest absolute Gasteiger partial charge is 0.390 e. The van der Waals surface area contributed by atoms with Gasteiger partial charge in [0.05, 0.1) is 23.7 Å². The Morgan fingerprint density at radius 1 is 1.03 bits per heavy atom. The number of amides is 2. The van der Waals surface area contributed by atoms with Gasteiger partial charge in [-0.2, -0.15) is 0 Å². The van der Waals surface area contributed by atoms with Crippen LogP contribution in [0.25, 0.3) is 0 Å². The van der Waals surface area contributed by atoms with Crippen molar-refractivity contribution in [2.75, 3.05) is 17.6 Å². The number of halogens is 2. The number of anilines is 1. The molecule has 4 N–H and O–H groups in total. The van der Waals surface area contributed by atoms with Crippen molar-refractivity contribution >= 4 is 21.6 Å². The number of carbonyl (C=O) groups is 1. The van der Waals surface area contributed by atoms with Crippen molar-refractivity contribution in [1.82, 2.24) is 10.6 Å². The van der Waals surface area contributed by atoms with Crippen LogP contribution in [0, 0.1) is 11.6 Å². The van der Waals surface area contributed by atoms with Crippen molar-refractivity contribution in [3.8, 4) is 0 Å². The highest BCUT2D eigenvalue weighted by atomic mass is 32.2. The van der Waals surface area contributed by atoms with Gasteiger partial charge in [0.15, 0.2) is 9.84 Å². The molecule has 4 rings (SSSR count). The minimum Gasteiger partial charge on any atom is -0.390 e. The van der Waals surface area contributed by atoms with Crippen molar-refractivity contribution in [3.05, 3.63) is 101 Å². The number of para-hydroxylation sites is 1. The lowest BCUT2D eigenvalue weighted by atomic mass is 9.97. The van der Waals surface area contributed by atoms with Crippen LogP contribution in [0.3, 0.4) is 0 Å². The zero-order chi connectivity index (χ0) is 27.3. The number of carbonyl (C=O) groups excluding carboxylic acids is 1. The van der Waals surface area contributed by atoms with Crippen LogP contribution in [-0.4, -0.2) is 44.0 Å². The summed E-state index contributed by atoms with van der Waals surface area (Å²) in [7, 11) is -3.35. The number of benzene rings is 3. The van der Waals surface area contributed by atoms with Crippen molar-refractivity contribution in [1.29, 1.82) is 0 Å². The molecule has 1 aliphatic rings. The van der Waals surface area contributed by atoms with Crippen LogP contribution in [-0.2, 0) is 28.4 Å². The fourth-order valence-electron chi connectivity index (χ4n) is 4.66. The van der Waals surface area contributed by atoms with Gasteiger partial charge in [0, 0.05) is 24.3 Å². The lowest BCUT2D eigenvalue weighted by Crippen LogP contribution is -2.51. The van der Waals surface area contributed by atoms with Gasteiger partial charge in [-0.25, -0.2) is 22.0 Å². The third kappa shape index (κ3) is 7.37. The number of aliphatic hydroxyl groups excluding tert-OH is 1. The zero-order valence-corrected chi connectivity index (χ0v) is 21.8. The highest BCUT2D eigenvalue weighted by Crippen LogP contribution is 2.29. The summed E-state index contributed by atoms with van der Waals surface area (Å²) in [6, 6.07) is 15.4. The van der Waals surface area contributed by atoms with Crippen LogP contribution < -0.4 is 16.0 Å². The van der Waals surface area contributed by atoms with E-state index in [1.165, 1.54) is 0 Å². The number of sulfone groups is 1. The highest BCUT2D eigenvalue weighted by molar-refractivity contribution is 7.90.